The highest BCUT2D eigenvalue weighted by atomic mass is 14.6. The molecule has 0 nitrogen and oxygen atoms in total. The molecule has 0 unspecified atom stereocenters. The topological polar surface area (TPSA) is 0 Å². The summed E-state index contributed by atoms with van der Waals surface area (Å²) in [4.78, 5) is 0. The van der Waals surface area contributed by atoms with Crippen LogP contribution in [-0.4, -0.2) is 0 Å². The second-order valence-corrected chi connectivity index (χ2v) is 10.5. The van der Waals surface area contributed by atoms with E-state index < -0.39 is 0 Å². The minimum absolute atomic E-state index is 0.579. The zero-order valence-corrected chi connectivity index (χ0v) is 16.7. The van der Waals surface area contributed by atoms with Crippen molar-refractivity contribution in [2.45, 2.75) is 98.3 Å². The van der Waals surface area contributed by atoms with Crippen LogP contribution >= 0.6 is 0 Å². The number of rotatable bonds is 3. The van der Waals surface area contributed by atoms with Crippen molar-refractivity contribution in [3.63, 3.8) is 0 Å². The molecule has 0 amide bonds. The van der Waals surface area contributed by atoms with E-state index in [0.717, 1.165) is 29.6 Å². The molecule has 0 heterocycles. The lowest BCUT2D eigenvalue weighted by Gasteiger charge is -2.58. The third-order valence-corrected chi connectivity index (χ3v) is 9.52. The molecule has 4 rings (SSSR count). The molecule has 0 N–H and O–H groups in total. The van der Waals surface area contributed by atoms with E-state index in [9.17, 15) is 0 Å². The summed E-state index contributed by atoms with van der Waals surface area (Å²) in [6, 6.07) is 0. The minimum atomic E-state index is 0.579. The molecule has 0 aromatic rings. The molecule has 0 aromatic carbocycles. The van der Waals surface area contributed by atoms with Crippen LogP contribution in [0.3, 0.4) is 0 Å². The summed E-state index contributed by atoms with van der Waals surface area (Å²) in [6.45, 7) is 10.3. The Morgan fingerprint density at radius 3 is 2.71 bits per heavy atom. The van der Waals surface area contributed by atoms with E-state index in [2.05, 4.69) is 33.8 Å². The van der Waals surface area contributed by atoms with Crippen molar-refractivity contribution in [3.8, 4) is 0 Å². The zero-order chi connectivity index (χ0) is 16.9. The molecule has 0 spiro atoms. The van der Waals surface area contributed by atoms with E-state index in [4.69, 9.17) is 0 Å². The molecule has 0 aliphatic heterocycles. The second kappa shape index (κ2) is 6.17. The second-order valence-electron chi connectivity index (χ2n) is 10.5. The van der Waals surface area contributed by atoms with Gasteiger partial charge in [0.2, 0.25) is 0 Å². The monoisotopic (exact) mass is 328 g/mol. The van der Waals surface area contributed by atoms with Crippen LogP contribution in [0.25, 0.3) is 0 Å². The summed E-state index contributed by atoms with van der Waals surface area (Å²) in [5.41, 5.74) is 3.11. The Hall–Kier alpha value is -0.260. The van der Waals surface area contributed by atoms with E-state index in [1.54, 1.807) is 0 Å². The van der Waals surface area contributed by atoms with Crippen molar-refractivity contribution in [2.75, 3.05) is 0 Å². The number of hydrogen-bond acceptors (Lipinski definition) is 0. The van der Waals surface area contributed by atoms with Crippen molar-refractivity contribution in [2.24, 2.45) is 40.4 Å². The van der Waals surface area contributed by atoms with Crippen LogP contribution in [0.2, 0.25) is 0 Å². The van der Waals surface area contributed by atoms with Crippen LogP contribution in [0.4, 0.5) is 0 Å². The smallest absolute Gasteiger partial charge is 0.00853 e. The van der Waals surface area contributed by atoms with Gasteiger partial charge in [0.15, 0.2) is 0 Å². The molecule has 0 heteroatoms. The van der Waals surface area contributed by atoms with Gasteiger partial charge in [-0.3, -0.25) is 0 Å². The molecule has 136 valence electrons. The Kier molecular flexibility index (Phi) is 4.41. The SMILES string of the molecule is CCC[C@@H](C)[C@H]1CC[C@H]2[C@@H]3CC=C4CCCC[C@]4(C)[C@H]3CC[C@]12C. The first-order valence-corrected chi connectivity index (χ1v) is 11.2. The highest BCUT2D eigenvalue weighted by Gasteiger charge is 2.58. The van der Waals surface area contributed by atoms with E-state index in [0.29, 0.717) is 10.8 Å². The Balaban J connectivity index is 1.60. The maximum Gasteiger partial charge on any atom is -0.00853 e. The molecule has 24 heavy (non-hydrogen) atoms. The fraction of sp³-hybridized carbons (Fsp3) is 0.917. The van der Waals surface area contributed by atoms with Crippen molar-refractivity contribution in [1.82, 2.24) is 0 Å². The predicted octanol–water partition coefficient (Wildman–Crippen LogP) is 7.39. The fourth-order valence-corrected chi connectivity index (χ4v) is 8.33. The average molecular weight is 329 g/mol. The quantitative estimate of drug-likeness (QED) is 0.474. The zero-order valence-electron chi connectivity index (χ0n) is 16.7. The summed E-state index contributed by atoms with van der Waals surface area (Å²) in [6.07, 6.45) is 18.9. The van der Waals surface area contributed by atoms with Crippen LogP contribution < -0.4 is 0 Å². The third kappa shape index (κ3) is 2.38. The molecule has 0 radical (unpaired) electrons. The predicted molar refractivity (Wildman–Crippen MR) is 104 cm³/mol. The molecular weight excluding hydrogens is 288 g/mol. The Morgan fingerprint density at radius 1 is 1.08 bits per heavy atom. The standard InChI is InChI=1S/C24H40/c1-5-8-17(2)20-12-13-21-19-11-10-18-9-6-7-15-23(18,3)22(19)14-16-24(20,21)4/h10,17,19-22H,5-9,11-16H2,1-4H3/t17-,19+,20-,21+,22+,23+,24-/m1/s1. The van der Waals surface area contributed by atoms with Crippen LogP contribution in [0.1, 0.15) is 98.3 Å². The Bertz CT molecular complexity index is 502. The van der Waals surface area contributed by atoms with Gasteiger partial charge in [-0.2, -0.15) is 0 Å². The van der Waals surface area contributed by atoms with Crippen LogP contribution in [0.5, 0.6) is 0 Å². The lowest BCUT2D eigenvalue weighted by Crippen LogP contribution is -2.50. The average Bonchev–Trinajstić information content (AvgIpc) is 2.92. The van der Waals surface area contributed by atoms with Gasteiger partial charge in [-0.15, -0.1) is 0 Å². The van der Waals surface area contributed by atoms with Crippen LogP contribution in [0.15, 0.2) is 11.6 Å². The maximum atomic E-state index is 2.73. The van der Waals surface area contributed by atoms with Gasteiger partial charge in [-0.1, -0.05) is 58.6 Å². The van der Waals surface area contributed by atoms with Gasteiger partial charge in [0.1, 0.15) is 0 Å². The maximum absolute atomic E-state index is 2.73. The van der Waals surface area contributed by atoms with Gasteiger partial charge in [0.25, 0.3) is 0 Å². The number of fused-ring (bicyclic) bond motifs is 5. The Labute approximate surface area is 150 Å². The molecule has 0 saturated heterocycles. The van der Waals surface area contributed by atoms with Crippen LogP contribution in [0, 0.1) is 40.4 Å². The molecular formula is C24H40. The molecule has 4 aliphatic rings. The van der Waals surface area contributed by atoms with Crippen molar-refractivity contribution in [1.29, 1.82) is 0 Å². The van der Waals surface area contributed by atoms with E-state index in [1.165, 1.54) is 70.6 Å². The van der Waals surface area contributed by atoms with Gasteiger partial charge in [0.05, 0.1) is 0 Å². The summed E-state index contributed by atoms with van der Waals surface area (Å²) in [5, 5.41) is 0. The van der Waals surface area contributed by atoms with Gasteiger partial charge in [0, 0.05) is 0 Å². The first-order chi connectivity index (χ1) is 11.5. The molecule has 3 saturated carbocycles. The van der Waals surface area contributed by atoms with Gasteiger partial charge in [-0.25, -0.2) is 0 Å². The lowest BCUT2D eigenvalue weighted by molar-refractivity contribution is -0.0499. The van der Waals surface area contributed by atoms with E-state index in [1.807, 2.05) is 5.57 Å². The van der Waals surface area contributed by atoms with Crippen LogP contribution in [-0.2, 0) is 0 Å². The molecule has 0 aromatic heterocycles. The molecule has 0 bridgehead atoms. The summed E-state index contributed by atoms with van der Waals surface area (Å²) in [7, 11) is 0. The largest absolute Gasteiger partial charge is 0.0845 e. The van der Waals surface area contributed by atoms with Crippen molar-refractivity contribution >= 4 is 0 Å². The van der Waals surface area contributed by atoms with E-state index in [-0.39, 0.29) is 0 Å². The Morgan fingerprint density at radius 2 is 1.92 bits per heavy atom. The lowest BCUT2D eigenvalue weighted by atomic mass is 9.47. The molecule has 7 atom stereocenters. The third-order valence-electron chi connectivity index (χ3n) is 9.52. The summed E-state index contributed by atoms with van der Waals surface area (Å²) >= 11 is 0. The highest BCUT2D eigenvalue weighted by Crippen LogP contribution is 2.67. The van der Waals surface area contributed by atoms with Crippen molar-refractivity contribution < 1.29 is 0 Å². The van der Waals surface area contributed by atoms with Gasteiger partial charge < -0.3 is 0 Å². The fourth-order valence-electron chi connectivity index (χ4n) is 8.33. The molecule has 3 fully saturated rings. The number of hydrogen-bond donors (Lipinski definition) is 0. The van der Waals surface area contributed by atoms with Gasteiger partial charge >= 0.3 is 0 Å². The van der Waals surface area contributed by atoms with Gasteiger partial charge in [-0.05, 0) is 91.8 Å². The normalized spacial score (nSPS) is 48.9. The highest BCUT2D eigenvalue weighted by molar-refractivity contribution is 5.24. The first-order valence-electron chi connectivity index (χ1n) is 11.2. The molecule has 4 aliphatic carbocycles. The summed E-state index contributed by atoms with van der Waals surface area (Å²) in [5.74, 6) is 5.00. The number of allylic oxidation sites excluding steroid dienone is 2. The van der Waals surface area contributed by atoms with E-state index >= 15 is 0 Å². The summed E-state index contributed by atoms with van der Waals surface area (Å²) < 4.78 is 0. The van der Waals surface area contributed by atoms with Crippen molar-refractivity contribution in [3.05, 3.63) is 11.6 Å². The first kappa shape index (κ1) is 17.2. The minimum Gasteiger partial charge on any atom is -0.0845 e.